The SMILES string of the molecule is CCN(C(=O)C1CCC(N)C(C)C1(C)C)C1CCCC1. The minimum atomic E-state index is 0.0147. The number of carbonyl (C=O) groups excluding carboxylic acids is 1. The number of carbonyl (C=O) groups is 1. The van der Waals surface area contributed by atoms with Gasteiger partial charge >= 0.3 is 0 Å². The molecule has 2 fully saturated rings. The predicted octanol–water partition coefficient (Wildman–Crippen LogP) is 3.18. The fraction of sp³-hybridized carbons (Fsp3) is 0.941. The fourth-order valence-corrected chi connectivity index (χ4v) is 4.30. The summed E-state index contributed by atoms with van der Waals surface area (Å²) in [6.07, 6.45) is 6.90. The number of nitrogens with two attached hydrogens (primary N) is 1. The lowest BCUT2D eigenvalue weighted by atomic mass is 9.60. The standard InChI is InChI=1S/C17H32N2O/c1-5-19(13-8-6-7-9-13)16(20)14-10-11-15(18)12(2)17(14,3)4/h12-15H,5-11,18H2,1-4H3. The molecule has 3 unspecified atom stereocenters. The van der Waals surface area contributed by atoms with E-state index in [9.17, 15) is 4.79 Å². The molecule has 2 aliphatic carbocycles. The van der Waals surface area contributed by atoms with Gasteiger partial charge in [0.25, 0.3) is 0 Å². The molecule has 2 saturated carbocycles. The van der Waals surface area contributed by atoms with Crippen LogP contribution in [0.25, 0.3) is 0 Å². The van der Waals surface area contributed by atoms with E-state index in [2.05, 4.69) is 32.6 Å². The van der Waals surface area contributed by atoms with Crippen LogP contribution in [0.15, 0.2) is 0 Å². The lowest BCUT2D eigenvalue weighted by Crippen LogP contribution is -2.53. The highest BCUT2D eigenvalue weighted by molar-refractivity contribution is 5.80. The van der Waals surface area contributed by atoms with Crippen LogP contribution >= 0.6 is 0 Å². The number of hydrogen-bond acceptors (Lipinski definition) is 2. The summed E-state index contributed by atoms with van der Waals surface area (Å²) in [4.78, 5) is 15.2. The lowest BCUT2D eigenvalue weighted by Gasteiger charge is -2.48. The summed E-state index contributed by atoms with van der Waals surface area (Å²) in [6, 6.07) is 0.741. The molecule has 0 heterocycles. The van der Waals surface area contributed by atoms with Crippen molar-refractivity contribution < 1.29 is 4.79 Å². The van der Waals surface area contributed by atoms with E-state index in [0.29, 0.717) is 17.9 Å². The van der Waals surface area contributed by atoms with Gasteiger partial charge in [0.05, 0.1) is 0 Å². The number of rotatable bonds is 3. The Morgan fingerprint density at radius 1 is 1.20 bits per heavy atom. The molecule has 0 bridgehead atoms. The largest absolute Gasteiger partial charge is 0.340 e. The van der Waals surface area contributed by atoms with E-state index in [1.165, 1.54) is 25.7 Å². The summed E-state index contributed by atoms with van der Waals surface area (Å²) in [5, 5.41) is 0. The normalized spacial score (nSPS) is 34.1. The maximum atomic E-state index is 13.1. The minimum absolute atomic E-state index is 0.0147. The van der Waals surface area contributed by atoms with Gasteiger partial charge in [0, 0.05) is 24.5 Å². The van der Waals surface area contributed by atoms with Gasteiger partial charge in [0.1, 0.15) is 0 Å². The Labute approximate surface area is 124 Å². The summed E-state index contributed by atoms with van der Waals surface area (Å²) in [7, 11) is 0. The Bertz CT molecular complexity index is 347. The van der Waals surface area contributed by atoms with E-state index in [4.69, 9.17) is 5.73 Å². The van der Waals surface area contributed by atoms with Crippen LogP contribution in [0.2, 0.25) is 0 Å². The zero-order valence-corrected chi connectivity index (χ0v) is 13.7. The molecule has 2 rings (SSSR count). The van der Waals surface area contributed by atoms with Gasteiger partial charge in [-0.15, -0.1) is 0 Å². The van der Waals surface area contributed by atoms with E-state index in [1.54, 1.807) is 0 Å². The average molecular weight is 280 g/mol. The van der Waals surface area contributed by atoms with E-state index < -0.39 is 0 Å². The first-order valence-electron chi connectivity index (χ1n) is 8.45. The summed E-state index contributed by atoms with van der Waals surface area (Å²) in [5.41, 5.74) is 6.24. The molecule has 0 saturated heterocycles. The second-order valence-electron chi connectivity index (χ2n) is 7.47. The molecule has 3 atom stereocenters. The van der Waals surface area contributed by atoms with Gasteiger partial charge in [0.15, 0.2) is 0 Å². The van der Waals surface area contributed by atoms with E-state index >= 15 is 0 Å². The van der Waals surface area contributed by atoms with Crippen LogP contribution in [0.5, 0.6) is 0 Å². The zero-order valence-electron chi connectivity index (χ0n) is 13.7. The van der Waals surface area contributed by atoms with Crippen LogP contribution in [0.4, 0.5) is 0 Å². The molecule has 1 amide bonds. The molecular weight excluding hydrogens is 248 g/mol. The number of amides is 1. The molecule has 2 N–H and O–H groups in total. The Balaban J connectivity index is 2.14. The molecule has 0 aromatic heterocycles. The third kappa shape index (κ3) is 2.74. The van der Waals surface area contributed by atoms with Crippen LogP contribution in [0.3, 0.4) is 0 Å². The van der Waals surface area contributed by atoms with Gasteiger partial charge in [-0.2, -0.15) is 0 Å². The summed E-state index contributed by atoms with van der Waals surface area (Å²) in [5.74, 6) is 0.952. The van der Waals surface area contributed by atoms with Gasteiger partial charge in [-0.1, -0.05) is 33.6 Å². The topological polar surface area (TPSA) is 46.3 Å². The molecule has 3 nitrogen and oxygen atoms in total. The fourth-order valence-electron chi connectivity index (χ4n) is 4.30. The van der Waals surface area contributed by atoms with Gasteiger partial charge in [-0.3, -0.25) is 4.79 Å². The van der Waals surface area contributed by atoms with Crippen molar-refractivity contribution >= 4 is 5.91 Å². The molecule has 20 heavy (non-hydrogen) atoms. The second-order valence-corrected chi connectivity index (χ2v) is 7.47. The molecule has 116 valence electrons. The first-order valence-corrected chi connectivity index (χ1v) is 8.45. The summed E-state index contributed by atoms with van der Waals surface area (Å²) >= 11 is 0. The van der Waals surface area contributed by atoms with Crippen molar-refractivity contribution in [3.63, 3.8) is 0 Å². The van der Waals surface area contributed by atoms with Gasteiger partial charge < -0.3 is 10.6 Å². The maximum Gasteiger partial charge on any atom is 0.226 e. The van der Waals surface area contributed by atoms with Crippen molar-refractivity contribution in [3.8, 4) is 0 Å². The first kappa shape index (κ1) is 15.8. The van der Waals surface area contributed by atoms with Crippen molar-refractivity contribution in [2.45, 2.75) is 78.3 Å². The third-order valence-electron chi connectivity index (χ3n) is 6.19. The third-order valence-corrected chi connectivity index (χ3v) is 6.19. The van der Waals surface area contributed by atoms with Gasteiger partial charge in [0.2, 0.25) is 5.91 Å². The monoisotopic (exact) mass is 280 g/mol. The second kappa shape index (κ2) is 6.05. The lowest BCUT2D eigenvalue weighted by molar-refractivity contribution is -0.145. The maximum absolute atomic E-state index is 13.1. The Hall–Kier alpha value is -0.570. The number of nitrogens with zero attached hydrogens (tertiary/aromatic N) is 1. The molecule has 0 spiro atoms. The van der Waals surface area contributed by atoms with E-state index in [0.717, 1.165) is 19.4 Å². The Morgan fingerprint density at radius 3 is 2.35 bits per heavy atom. The van der Waals surface area contributed by atoms with Gasteiger partial charge in [-0.05, 0) is 43.9 Å². The van der Waals surface area contributed by atoms with Crippen LogP contribution in [-0.2, 0) is 4.79 Å². The van der Waals surface area contributed by atoms with E-state index in [-0.39, 0.29) is 17.4 Å². The highest BCUT2D eigenvalue weighted by Gasteiger charge is 2.46. The molecule has 0 aromatic rings. The van der Waals surface area contributed by atoms with Crippen LogP contribution in [0.1, 0.15) is 66.2 Å². The Morgan fingerprint density at radius 2 is 1.80 bits per heavy atom. The molecule has 0 radical (unpaired) electrons. The highest BCUT2D eigenvalue weighted by atomic mass is 16.2. The smallest absolute Gasteiger partial charge is 0.226 e. The quantitative estimate of drug-likeness (QED) is 0.863. The molecular formula is C17H32N2O. The zero-order chi connectivity index (χ0) is 14.9. The van der Waals surface area contributed by atoms with Crippen LogP contribution < -0.4 is 5.73 Å². The summed E-state index contributed by atoms with van der Waals surface area (Å²) in [6.45, 7) is 9.68. The molecule has 3 heteroatoms. The summed E-state index contributed by atoms with van der Waals surface area (Å²) < 4.78 is 0. The van der Waals surface area contributed by atoms with E-state index in [1.807, 2.05) is 0 Å². The molecule has 2 aliphatic rings. The van der Waals surface area contributed by atoms with Crippen LogP contribution in [-0.4, -0.2) is 29.4 Å². The minimum Gasteiger partial charge on any atom is -0.340 e. The molecule has 0 aliphatic heterocycles. The van der Waals surface area contributed by atoms with Crippen molar-refractivity contribution in [1.29, 1.82) is 0 Å². The van der Waals surface area contributed by atoms with Crippen molar-refractivity contribution in [2.75, 3.05) is 6.54 Å². The van der Waals surface area contributed by atoms with Gasteiger partial charge in [-0.25, -0.2) is 0 Å². The predicted molar refractivity (Wildman–Crippen MR) is 83.3 cm³/mol. The average Bonchev–Trinajstić information content (AvgIpc) is 2.90. The van der Waals surface area contributed by atoms with Crippen LogP contribution in [0, 0.1) is 17.3 Å². The molecule has 0 aromatic carbocycles. The van der Waals surface area contributed by atoms with Crippen molar-refractivity contribution in [1.82, 2.24) is 4.90 Å². The van der Waals surface area contributed by atoms with Crippen molar-refractivity contribution in [2.24, 2.45) is 23.0 Å². The number of hydrogen-bond donors (Lipinski definition) is 1. The first-order chi connectivity index (χ1) is 9.39. The highest BCUT2D eigenvalue weighted by Crippen LogP contribution is 2.45. The van der Waals surface area contributed by atoms with Crippen molar-refractivity contribution in [3.05, 3.63) is 0 Å². The Kier molecular flexibility index (Phi) is 4.78.